The van der Waals surface area contributed by atoms with Crippen LogP contribution in [0.25, 0.3) is 0 Å². The van der Waals surface area contributed by atoms with Crippen molar-refractivity contribution in [2.45, 2.75) is 4.84 Å². The summed E-state index contributed by atoms with van der Waals surface area (Å²) < 4.78 is 0. The number of anilines is 1. The van der Waals surface area contributed by atoms with Crippen molar-refractivity contribution in [1.82, 2.24) is 0 Å². The molecule has 0 saturated heterocycles. The highest BCUT2D eigenvalue weighted by atomic mass is 35.5. The number of alkyl halides is 2. The smallest absolute Gasteiger partial charge is 0.257 e. The van der Waals surface area contributed by atoms with Gasteiger partial charge in [0, 0.05) is 5.56 Å². The molecule has 0 unspecified atom stereocenters. The molecule has 1 aromatic rings. The van der Waals surface area contributed by atoms with Crippen molar-refractivity contribution < 1.29 is 4.79 Å². The summed E-state index contributed by atoms with van der Waals surface area (Å²) in [6, 6.07) is 6.94. The van der Waals surface area contributed by atoms with Crippen LogP contribution in [0.4, 0.5) is 5.69 Å². The van der Waals surface area contributed by atoms with E-state index in [0.29, 0.717) is 11.3 Å². The van der Waals surface area contributed by atoms with Crippen molar-refractivity contribution in [3.63, 3.8) is 0 Å². The van der Waals surface area contributed by atoms with Gasteiger partial charge in [-0.2, -0.15) is 0 Å². The summed E-state index contributed by atoms with van der Waals surface area (Å²) in [7, 11) is 0. The molecule has 0 heterocycles. The minimum Gasteiger partial charge on any atom is -0.323 e. The molecule has 0 fully saturated rings. The maximum atomic E-state index is 11.1. The van der Waals surface area contributed by atoms with E-state index < -0.39 is 10.7 Å². The van der Waals surface area contributed by atoms with Gasteiger partial charge in [0.05, 0.1) is 5.69 Å². The lowest BCUT2D eigenvalue weighted by Crippen LogP contribution is -2.19. The molecule has 0 atom stereocenters. The van der Waals surface area contributed by atoms with E-state index in [0.717, 1.165) is 0 Å². The molecule has 1 aromatic carbocycles. The Bertz CT molecular complexity index is 382. The second-order valence-electron chi connectivity index (χ2n) is 2.48. The molecule has 4 heteroatoms. The second-order valence-corrected chi connectivity index (χ2v) is 3.58. The molecule has 0 radical (unpaired) electrons. The quantitative estimate of drug-likeness (QED) is 0.611. The Morgan fingerprint density at radius 2 is 2.07 bits per heavy atom. The number of amides is 1. The van der Waals surface area contributed by atoms with Gasteiger partial charge in [-0.3, -0.25) is 4.79 Å². The predicted molar refractivity (Wildman–Crippen MR) is 58.5 cm³/mol. The molecule has 72 valence electrons. The topological polar surface area (TPSA) is 29.1 Å². The van der Waals surface area contributed by atoms with Crippen LogP contribution in [0.15, 0.2) is 24.3 Å². The first kappa shape index (κ1) is 10.9. The molecule has 1 N–H and O–H groups in total. The average Bonchev–Trinajstić information content (AvgIpc) is 2.18. The SMILES string of the molecule is C#Cc1ccccc1NC(=O)C(Cl)Cl. The van der Waals surface area contributed by atoms with Crippen LogP contribution in [-0.4, -0.2) is 10.7 Å². The van der Waals surface area contributed by atoms with Crippen LogP contribution in [0.3, 0.4) is 0 Å². The summed E-state index contributed by atoms with van der Waals surface area (Å²) in [5.41, 5.74) is 1.13. The first-order valence-electron chi connectivity index (χ1n) is 3.80. The molecule has 2 nitrogen and oxygen atoms in total. The number of carbonyl (C=O) groups is 1. The van der Waals surface area contributed by atoms with Gasteiger partial charge in [0.1, 0.15) is 0 Å². The average molecular weight is 228 g/mol. The summed E-state index contributed by atoms with van der Waals surface area (Å²) in [6.45, 7) is 0. The van der Waals surface area contributed by atoms with E-state index in [2.05, 4.69) is 11.2 Å². The number of terminal acetylenes is 1. The highest BCUT2D eigenvalue weighted by Gasteiger charge is 2.12. The Kier molecular flexibility index (Phi) is 3.82. The molecule has 0 aliphatic carbocycles. The largest absolute Gasteiger partial charge is 0.323 e. The summed E-state index contributed by atoms with van der Waals surface area (Å²) in [5.74, 6) is 1.95. The fraction of sp³-hybridized carbons (Fsp3) is 0.100. The van der Waals surface area contributed by atoms with Gasteiger partial charge in [0.25, 0.3) is 5.91 Å². The summed E-state index contributed by atoms with van der Waals surface area (Å²) in [4.78, 5) is 10.0. The lowest BCUT2D eigenvalue weighted by molar-refractivity contribution is -0.114. The van der Waals surface area contributed by atoms with Crippen LogP contribution in [0.2, 0.25) is 0 Å². The van der Waals surface area contributed by atoms with E-state index >= 15 is 0 Å². The third-order valence-electron chi connectivity index (χ3n) is 1.54. The van der Waals surface area contributed by atoms with E-state index in [9.17, 15) is 4.79 Å². The number of hydrogen-bond donors (Lipinski definition) is 1. The Hall–Kier alpha value is -1.17. The van der Waals surface area contributed by atoms with Crippen LogP contribution < -0.4 is 5.32 Å². The number of nitrogens with one attached hydrogen (secondary N) is 1. The van der Waals surface area contributed by atoms with Gasteiger partial charge in [-0.1, -0.05) is 41.3 Å². The highest BCUT2D eigenvalue weighted by Crippen LogP contribution is 2.15. The van der Waals surface area contributed by atoms with Gasteiger partial charge in [0.2, 0.25) is 0 Å². The van der Waals surface area contributed by atoms with Crippen LogP contribution >= 0.6 is 23.2 Å². The summed E-state index contributed by atoms with van der Waals surface area (Å²) in [5, 5.41) is 2.52. The van der Waals surface area contributed by atoms with E-state index in [-0.39, 0.29) is 0 Å². The lowest BCUT2D eigenvalue weighted by Gasteiger charge is -2.06. The molecule has 1 amide bonds. The Labute approximate surface area is 92.2 Å². The Balaban J connectivity index is 2.87. The monoisotopic (exact) mass is 227 g/mol. The first-order valence-corrected chi connectivity index (χ1v) is 4.67. The summed E-state index contributed by atoms with van der Waals surface area (Å²) >= 11 is 10.8. The van der Waals surface area contributed by atoms with E-state index in [1.165, 1.54) is 0 Å². The van der Waals surface area contributed by atoms with Gasteiger partial charge >= 0.3 is 0 Å². The molecular formula is C10H7Cl2NO. The zero-order valence-corrected chi connectivity index (χ0v) is 8.64. The van der Waals surface area contributed by atoms with Crippen molar-refractivity contribution >= 4 is 34.8 Å². The number of para-hydroxylation sites is 1. The third kappa shape index (κ3) is 2.66. The van der Waals surface area contributed by atoms with Gasteiger partial charge in [0.15, 0.2) is 4.84 Å². The molecule has 0 aliphatic rings. The van der Waals surface area contributed by atoms with Crippen molar-refractivity contribution in [3.05, 3.63) is 29.8 Å². The Morgan fingerprint density at radius 1 is 1.43 bits per heavy atom. The Morgan fingerprint density at radius 3 is 2.64 bits per heavy atom. The van der Waals surface area contributed by atoms with Gasteiger partial charge < -0.3 is 5.32 Å². The van der Waals surface area contributed by atoms with Gasteiger partial charge in [-0.15, -0.1) is 6.42 Å². The first-order chi connectivity index (χ1) is 6.65. The zero-order valence-electron chi connectivity index (χ0n) is 7.13. The summed E-state index contributed by atoms with van der Waals surface area (Å²) in [6.07, 6.45) is 5.24. The van der Waals surface area contributed by atoms with Crippen LogP contribution in [0, 0.1) is 12.3 Å². The van der Waals surface area contributed by atoms with Crippen LogP contribution in [0.5, 0.6) is 0 Å². The minimum atomic E-state index is -1.10. The molecule has 14 heavy (non-hydrogen) atoms. The number of rotatable bonds is 2. The van der Waals surface area contributed by atoms with E-state index in [4.69, 9.17) is 29.6 Å². The molecule has 0 aliphatic heterocycles. The maximum absolute atomic E-state index is 11.1. The molecule has 0 bridgehead atoms. The van der Waals surface area contributed by atoms with Crippen molar-refractivity contribution in [2.75, 3.05) is 5.32 Å². The van der Waals surface area contributed by atoms with Gasteiger partial charge in [-0.05, 0) is 12.1 Å². The third-order valence-corrected chi connectivity index (χ3v) is 1.94. The van der Waals surface area contributed by atoms with Crippen molar-refractivity contribution in [3.8, 4) is 12.3 Å². The predicted octanol–water partition coefficient (Wildman–Crippen LogP) is 2.41. The fourth-order valence-electron chi connectivity index (χ4n) is 0.905. The van der Waals surface area contributed by atoms with E-state index in [1.54, 1.807) is 24.3 Å². The van der Waals surface area contributed by atoms with Crippen LogP contribution in [0.1, 0.15) is 5.56 Å². The molecule has 0 saturated carbocycles. The number of benzene rings is 1. The zero-order chi connectivity index (χ0) is 10.6. The molecule has 1 rings (SSSR count). The van der Waals surface area contributed by atoms with Crippen molar-refractivity contribution in [2.24, 2.45) is 0 Å². The standard InChI is InChI=1S/C10H7Cl2NO/c1-2-7-5-3-4-6-8(7)13-10(14)9(11)12/h1,3-6,9H,(H,13,14). The van der Waals surface area contributed by atoms with E-state index in [1.807, 2.05) is 0 Å². The lowest BCUT2D eigenvalue weighted by atomic mass is 10.2. The molecular weight excluding hydrogens is 221 g/mol. The highest BCUT2D eigenvalue weighted by molar-refractivity contribution is 6.54. The number of halogens is 2. The van der Waals surface area contributed by atoms with Crippen LogP contribution in [-0.2, 0) is 4.79 Å². The maximum Gasteiger partial charge on any atom is 0.257 e. The van der Waals surface area contributed by atoms with Crippen molar-refractivity contribution in [1.29, 1.82) is 0 Å². The normalized spacial score (nSPS) is 9.57. The number of carbonyl (C=O) groups excluding carboxylic acids is 1. The fourth-order valence-corrected chi connectivity index (χ4v) is 1.01. The minimum absolute atomic E-state index is 0.490. The second kappa shape index (κ2) is 4.90. The van der Waals surface area contributed by atoms with Gasteiger partial charge in [-0.25, -0.2) is 0 Å². The number of hydrogen-bond acceptors (Lipinski definition) is 1. The molecule has 0 aromatic heterocycles. The molecule has 0 spiro atoms.